The van der Waals surface area contributed by atoms with Crippen LogP contribution in [0.1, 0.15) is 48.4 Å². The van der Waals surface area contributed by atoms with E-state index in [0.29, 0.717) is 45.5 Å². The molecule has 3 aromatic rings. The van der Waals surface area contributed by atoms with Gasteiger partial charge in [-0.05, 0) is 62.4 Å². The fourth-order valence-electron chi connectivity index (χ4n) is 5.50. The Kier molecular flexibility index (Phi) is 7.24. The Labute approximate surface area is 232 Å². The third kappa shape index (κ3) is 5.36. The maximum atomic E-state index is 9.78. The Bertz CT molecular complexity index is 1440. The third-order valence-electron chi connectivity index (χ3n) is 7.91. The third-order valence-corrected chi connectivity index (χ3v) is 8.33. The summed E-state index contributed by atoms with van der Waals surface area (Å²) in [7, 11) is 1.74. The van der Waals surface area contributed by atoms with Crippen molar-refractivity contribution < 1.29 is 4.74 Å². The number of nitriles is 2. The summed E-state index contributed by atoms with van der Waals surface area (Å²) >= 11 is 6.97. The molecule has 2 saturated heterocycles. The van der Waals surface area contributed by atoms with E-state index in [2.05, 4.69) is 47.6 Å². The summed E-state index contributed by atoms with van der Waals surface area (Å²) < 4.78 is 6.68. The van der Waals surface area contributed by atoms with Crippen molar-refractivity contribution in [2.75, 3.05) is 57.1 Å². The smallest absolute Gasteiger partial charge is 0.247 e. The van der Waals surface area contributed by atoms with Crippen LogP contribution in [0.3, 0.4) is 0 Å². The zero-order valence-electron chi connectivity index (χ0n) is 21.9. The number of methoxy groups -OCH3 is 1. The van der Waals surface area contributed by atoms with E-state index < -0.39 is 0 Å². The lowest BCUT2D eigenvalue weighted by Gasteiger charge is -2.47. The minimum atomic E-state index is 0.265. The first-order chi connectivity index (χ1) is 19.1. The summed E-state index contributed by atoms with van der Waals surface area (Å²) in [6, 6.07) is 8.99. The Hall–Kier alpha value is -3.48. The number of piperidine rings is 1. The van der Waals surface area contributed by atoms with E-state index in [0.717, 1.165) is 70.6 Å². The van der Waals surface area contributed by atoms with Crippen molar-refractivity contribution in [3.05, 3.63) is 40.2 Å². The molecule has 1 aromatic carbocycles. The number of likely N-dealkylation sites (tertiary alicyclic amines) is 2. The summed E-state index contributed by atoms with van der Waals surface area (Å²) in [5.41, 5.74) is 2.90. The Morgan fingerprint density at radius 2 is 1.92 bits per heavy atom. The van der Waals surface area contributed by atoms with Crippen LogP contribution in [0.5, 0.6) is 0 Å². The molecule has 2 N–H and O–H groups in total. The molecule has 39 heavy (non-hydrogen) atoms. The van der Waals surface area contributed by atoms with Crippen LogP contribution in [0, 0.1) is 22.7 Å². The van der Waals surface area contributed by atoms with Crippen molar-refractivity contribution in [2.45, 2.75) is 43.7 Å². The molecule has 11 nitrogen and oxygen atoms in total. The van der Waals surface area contributed by atoms with Crippen molar-refractivity contribution in [3.63, 3.8) is 0 Å². The molecule has 0 bridgehead atoms. The SMILES string of the molecule is COCCN1CC(N2CCC(c3cc(C#N)cc(Nc4nc(NC5CC5)c5ncc(C#N)n5n4)c3Cl)CC2)C1. The molecule has 3 fully saturated rings. The topological polar surface area (TPSA) is 130 Å². The second-order valence-corrected chi connectivity index (χ2v) is 11.0. The molecule has 0 amide bonds. The lowest BCUT2D eigenvalue weighted by Crippen LogP contribution is -2.61. The van der Waals surface area contributed by atoms with Crippen LogP contribution < -0.4 is 10.6 Å². The van der Waals surface area contributed by atoms with Gasteiger partial charge in [-0.15, -0.1) is 5.10 Å². The number of nitrogens with zero attached hydrogens (tertiary/aromatic N) is 8. The van der Waals surface area contributed by atoms with Gasteiger partial charge in [0.05, 0.1) is 35.1 Å². The molecular formula is C27H31ClN10O. The molecule has 202 valence electrons. The van der Waals surface area contributed by atoms with Gasteiger partial charge in [-0.25, -0.2) is 4.98 Å². The Morgan fingerprint density at radius 1 is 1.13 bits per heavy atom. The number of ether oxygens (including phenoxy) is 1. The predicted octanol–water partition coefficient (Wildman–Crippen LogP) is 3.35. The molecule has 2 aliphatic heterocycles. The number of nitrogens with one attached hydrogen (secondary N) is 2. The molecule has 2 aromatic heterocycles. The highest BCUT2D eigenvalue weighted by Gasteiger charge is 2.34. The van der Waals surface area contributed by atoms with E-state index in [-0.39, 0.29) is 11.9 Å². The lowest BCUT2D eigenvalue weighted by atomic mass is 9.87. The quantitative estimate of drug-likeness (QED) is 0.412. The van der Waals surface area contributed by atoms with E-state index in [4.69, 9.17) is 16.3 Å². The zero-order valence-corrected chi connectivity index (χ0v) is 22.7. The van der Waals surface area contributed by atoms with E-state index >= 15 is 0 Å². The van der Waals surface area contributed by atoms with Gasteiger partial charge in [-0.1, -0.05) is 11.6 Å². The molecule has 4 heterocycles. The number of rotatable bonds is 9. The van der Waals surface area contributed by atoms with Crippen LogP contribution in [0.2, 0.25) is 5.02 Å². The van der Waals surface area contributed by atoms with Crippen molar-refractivity contribution in [2.24, 2.45) is 0 Å². The molecule has 6 rings (SSSR count). The highest BCUT2D eigenvalue weighted by Crippen LogP contribution is 2.39. The minimum absolute atomic E-state index is 0.265. The van der Waals surface area contributed by atoms with E-state index in [1.54, 1.807) is 13.2 Å². The van der Waals surface area contributed by atoms with E-state index in [9.17, 15) is 10.5 Å². The largest absolute Gasteiger partial charge is 0.383 e. The number of imidazole rings is 1. The number of hydrogen-bond donors (Lipinski definition) is 2. The standard InChI is InChI=1S/C27H31ClN10O/c1-39-9-8-36-15-21(16-36)37-6-4-18(5-7-37)22-10-17(12-29)11-23(24(22)28)33-27-34-25(32-19-2-3-19)26-31-14-20(13-30)38(26)35-27/h10-11,14,18-19,21H,2-9,15-16H2,1H3,(H2,32,33,34,35). The second kappa shape index (κ2) is 10.9. The molecule has 0 radical (unpaired) electrons. The first kappa shape index (κ1) is 25.8. The number of aromatic nitrogens is 4. The maximum absolute atomic E-state index is 9.78. The molecule has 0 atom stereocenters. The van der Waals surface area contributed by atoms with Gasteiger partial charge in [0.15, 0.2) is 17.2 Å². The van der Waals surface area contributed by atoms with Gasteiger partial charge < -0.3 is 15.4 Å². The molecule has 0 spiro atoms. The predicted molar refractivity (Wildman–Crippen MR) is 147 cm³/mol. The van der Waals surface area contributed by atoms with Gasteiger partial charge in [-0.3, -0.25) is 9.80 Å². The van der Waals surface area contributed by atoms with Crippen molar-refractivity contribution in [1.82, 2.24) is 29.4 Å². The number of anilines is 3. The van der Waals surface area contributed by atoms with Gasteiger partial charge in [0.25, 0.3) is 0 Å². The van der Waals surface area contributed by atoms with Crippen LogP contribution in [0.25, 0.3) is 5.65 Å². The lowest BCUT2D eigenvalue weighted by molar-refractivity contribution is 0.00752. The summed E-state index contributed by atoms with van der Waals surface area (Å²) in [5.74, 6) is 1.11. The summed E-state index contributed by atoms with van der Waals surface area (Å²) in [6.07, 6.45) is 5.59. The summed E-state index contributed by atoms with van der Waals surface area (Å²) in [6.45, 7) is 5.98. The molecule has 12 heteroatoms. The van der Waals surface area contributed by atoms with Gasteiger partial charge >= 0.3 is 0 Å². The van der Waals surface area contributed by atoms with Gasteiger partial charge in [0.2, 0.25) is 5.95 Å². The average molecular weight is 547 g/mol. The summed E-state index contributed by atoms with van der Waals surface area (Å²) in [4.78, 5) is 14.0. The maximum Gasteiger partial charge on any atom is 0.247 e. The molecule has 0 unspecified atom stereocenters. The second-order valence-electron chi connectivity index (χ2n) is 10.6. The van der Waals surface area contributed by atoms with Crippen LogP contribution in [-0.2, 0) is 4.74 Å². The Morgan fingerprint density at radius 3 is 2.62 bits per heavy atom. The van der Waals surface area contributed by atoms with Crippen LogP contribution >= 0.6 is 11.6 Å². The van der Waals surface area contributed by atoms with Crippen LogP contribution in [-0.4, -0.2) is 87.9 Å². The Balaban J connectivity index is 1.20. The number of fused-ring (bicyclic) bond motifs is 1. The minimum Gasteiger partial charge on any atom is -0.383 e. The van der Waals surface area contributed by atoms with E-state index in [1.165, 1.54) is 10.7 Å². The first-order valence-electron chi connectivity index (χ1n) is 13.4. The van der Waals surface area contributed by atoms with Crippen molar-refractivity contribution in [3.8, 4) is 12.1 Å². The molecular weight excluding hydrogens is 516 g/mol. The molecule has 1 aliphatic carbocycles. The fourth-order valence-corrected chi connectivity index (χ4v) is 5.81. The van der Waals surface area contributed by atoms with E-state index in [1.807, 2.05) is 6.07 Å². The van der Waals surface area contributed by atoms with Gasteiger partial charge in [0, 0.05) is 38.8 Å². The fraction of sp³-hybridized carbons (Fsp3) is 0.519. The highest BCUT2D eigenvalue weighted by atomic mass is 35.5. The van der Waals surface area contributed by atoms with Crippen molar-refractivity contribution in [1.29, 1.82) is 10.5 Å². The van der Waals surface area contributed by atoms with Crippen LogP contribution in [0.4, 0.5) is 17.5 Å². The van der Waals surface area contributed by atoms with Gasteiger partial charge in [0.1, 0.15) is 6.07 Å². The normalized spacial score (nSPS) is 19.0. The van der Waals surface area contributed by atoms with Crippen LogP contribution in [0.15, 0.2) is 18.3 Å². The number of halogens is 1. The first-order valence-corrected chi connectivity index (χ1v) is 13.8. The van der Waals surface area contributed by atoms with Crippen molar-refractivity contribution >= 4 is 34.7 Å². The number of benzene rings is 1. The number of hydrogen-bond acceptors (Lipinski definition) is 10. The molecule has 1 saturated carbocycles. The average Bonchev–Trinajstić information content (AvgIpc) is 3.65. The monoisotopic (exact) mass is 546 g/mol. The molecule has 3 aliphatic rings. The summed E-state index contributed by atoms with van der Waals surface area (Å²) in [5, 5.41) is 31.0. The zero-order chi connectivity index (χ0) is 26.9. The highest BCUT2D eigenvalue weighted by molar-refractivity contribution is 6.34. The van der Waals surface area contributed by atoms with Gasteiger partial charge in [-0.2, -0.15) is 20.0 Å².